The Morgan fingerprint density at radius 1 is 1.50 bits per heavy atom. The third kappa shape index (κ3) is 3.58. The maximum Gasteiger partial charge on any atom is 0.125 e. The predicted molar refractivity (Wildman–Crippen MR) is 41.2 cm³/mol. The molecule has 0 saturated heterocycles. The Bertz CT molecular complexity index is 93.6. The molecule has 0 spiro atoms. The third-order valence-electron chi connectivity index (χ3n) is 1.56. The molecule has 0 bridgehead atoms. The third-order valence-corrected chi connectivity index (χ3v) is 1.56. The van der Waals surface area contributed by atoms with Gasteiger partial charge in [-0.15, -0.1) is 0 Å². The van der Waals surface area contributed by atoms with E-state index < -0.39 is 6.17 Å². The van der Waals surface area contributed by atoms with Crippen molar-refractivity contribution in [1.29, 1.82) is 0 Å². The van der Waals surface area contributed by atoms with E-state index in [9.17, 15) is 4.79 Å². The van der Waals surface area contributed by atoms with E-state index in [0.717, 1.165) is 25.5 Å². The van der Waals surface area contributed by atoms with Crippen molar-refractivity contribution in [3.8, 4) is 0 Å². The lowest BCUT2D eigenvalue weighted by molar-refractivity contribution is -0.111. The number of carbonyl (C=O) groups excluding carboxylic acids is 1. The summed E-state index contributed by atoms with van der Waals surface area (Å²) in [7, 11) is 0. The summed E-state index contributed by atoms with van der Waals surface area (Å²) in [4.78, 5) is 10.3. The van der Waals surface area contributed by atoms with Gasteiger partial charge in [-0.2, -0.15) is 0 Å². The SMILES string of the molecule is CCCCC(C=O)C(N)N. The zero-order chi connectivity index (χ0) is 7.98. The number of unbranched alkanes of at least 4 members (excludes halogenated alkanes) is 1. The van der Waals surface area contributed by atoms with Crippen LogP contribution in [0.3, 0.4) is 0 Å². The molecule has 0 rings (SSSR count). The van der Waals surface area contributed by atoms with Crippen molar-refractivity contribution in [2.45, 2.75) is 32.4 Å². The quantitative estimate of drug-likeness (QED) is 0.429. The second-order valence-electron chi connectivity index (χ2n) is 2.52. The fourth-order valence-electron chi connectivity index (χ4n) is 0.791. The summed E-state index contributed by atoms with van der Waals surface area (Å²) in [6.45, 7) is 2.07. The van der Waals surface area contributed by atoms with E-state index >= 15 is 0 Å². The first-order chi connectivity index (χ1) is 4.72. The summed E-state index contributed by atoms with van der Waals surface area (Å²) in [6.07, 6.45) is 3.28. The van der Waals surface area contributed by atoms with Crippen molar-refractivity contribution in [2.24, 2.45) is 17.4 Å². The second kappa shape index (κ2) is 5.38. The molecule has 1 atom stereocenters. The average molecular weight is 144 g/mol. The van der Waals surface area contributed by atoms with Crippen molar-refractivity contribution in [3.05, 3.63) is 0 Å². The maximum absolute atomic E-state index is 10.3. The second-order valence-corrected chi connectivity index (χ2v) is 2.52. The Morgan fingerprint density at radius 3 is 2.40 bits per heavy atom. The van der Waals surface area contributed by atoms with E-state index in [2.05, 4.69) is 6.92 Å². The van der Waals surface area contributed by atoms with Crippen molar-refractivity contribution in [2.75, 3.05) is 0 Å². The van der Waals surface area contributed by atoms with Crippen LogP contribution in [0.2, 0.25) is 0 Å². The molecule has 0 aliphatic rings. The molecule has 3 heteroatoms. The van der Waals surface area contributed by atoms with Gasteiger partial charge in [0.05, 0.1) is 6.17 Å². The fraction of sp³-hybridized carbons (Fsp3) is 0.857. The van der Waals surface area contributed by atoms with Gasteiger partial charge in [0, 0.05) is 5.92 Å². The molecule has 0 aromatic carbocycles. The molecule has 0 heterocycles. The van der Waals surface area contributed by atoms with E-state index in [1.54, 1.807) is 0 Å². The molecular weight excluding hydrogens is 128 g/mol. The molecule has 0 aromatic heterocycles. The molecule has 0 saturated carbocycles. The first kappa shape index (κ1) is 9.59. The first-order valence-corrected chi connectivity index (χ1v) is 3.68. The first-order valence-electron chi connectivity index (χ1n) is 3.68. The number of rotatable bonds is 5. The lowest BCUT2D eigenvalue weighted by atomic mass is 10.0. The van der Waals surface area contributed by atoms with Crippen molar-refractivity contribution in [3.63, 3.8) is 0 Å². The molecule has 60 valence electrons. The Balaban J connectivity index is 3.50. The summed E-state index contributed by atoms with van der Waals surface area (Å²) in [6, 6.07) is 0. The van der Waals surface area contributed by atoms with Crippen LogP contribution in [-0.4, -0.2) is 12.5 Å². The fourth-order valence-corrected chi connectivity index (χ4v) is 0.791. The minimum Gasteiger partial charge on any atom is -0.315 e. The highest BCUT2D eigenvalue weighted by atomic mass is 16.1. The largest absolute Gasteiger partial charge is 0.315 e. The van der Waals surface area contributed by atoms with E-state index in [4.69, 9.17) is 11.5 Å². The molecule has 0 radical (unpaired) electrons. The lowest BCUT2D eigenvalue weighted by Gasteiger charge is -2.12. The van der Waals surface area contributed by atoms with Gasteiger partial charge in [-0.25, -0.2) is 0 Å². The molecule has 0 aliphatic carbocycles. The van der Waals surface area contributed by atoms with Crippen LogP contribution in [0, 0.1) is 5.92 Å². The van der Waals surface area contributed by atoms with Gasteiger partial charge in [0.2, 0.25) is 0 Å². The average Bonchev–Trinajstić information content (AvgIpc) is 1.89. The monoisotopic (exact) mass is 144 g/mol. The lowest BCUT2D eigenvalue weighted by Crippen LogP contribution is -2.39. The number of hydrogen-bond acceptors (Lipinski definition) is 3. The Morgan fingerprint density at radius 2 is 2.10 bits per heavy atom. The molecule has 4 N–H and O–H groups in total. The summed E-state index contributed by atoms with van der Waals surface area (Å²) in [5.74, 6) is -0.153. The zero-order valence-electron chi connectivity index (χ0n) is 6.42. The Labute approximate surface area is 61.8 Å². The zero-order valence-corrected chi connectivity index (χ0v) is 6.42. The van der Waals surface area contributed by atoms with Gasteiger partial charge in [-0.1, -0.05) is 19.8 Å². The number of aldehydes is 1. The highest BCUT2D eigenvalue weighted by Crippen LogP contribution is 2.05. The van der Waals surface area contributed by atoms with Crippen LogP contribution in [0.15, 0.2) is 0 Å². The van der Waals surface area contributed by atoms with Gasteiger partial charge >= 0.3 is 0 Å². The number of carbonyl (C=O) groups is 1. The maximum atomic E-state index is 10.3. The highest BCUT2D eigenvalue weighted by molar-refractivity contribution is 5.54. The van der Waals surface area contributed by atoms with Gasteiger partial charge in [0.15, 0.2) is 0 Å². The van der Waals surface area contributed by atoms with E-state index in [1.165, 1.54) is 0 Å². The van der Waals surface area contributed by atoms with E-state index in [1.807, 2.05) is 0 Å². The molecule has 0 aromatic rings. The van der Waals surface area contributed by atoms with Crippen LogP contribution in [0.5, 0.6) is 0 Å². The molecule has 0 aliphatic heterocycles. The predicted octanol–water partition coefficient (Wildman–Crippen LogP) is 0.235. The normalized spacial score (nSPS) is 13.6. The minimum atomic E-state index is -0.482. The van der Waals surface area contributed by atoms with Crippen LogP contribution in [0.1, 0.15) is 26.2 Å². The molecule has 0 fully saturated rings. The molecular formula is C7H16N2O. The standard InChI is InChI=1S/C7H16N2O/c1-2-3-4-6(5-10)7(8)9/h5-7H,2-4,8-9H2,1H3. The van der Waals surface area contributed by atoms with Crippen molar-refractivity contribution in [1.82, 2.24) is 0 Å². The highest BCUT2D eigenvalue weighted by Gasteiger charge is 2.10. The van der Waals surface area contributed by atoms with Crippen molar-refractivity contribution >= 4 is 6.29 Å². The van der Waals surface area contributed by atoms with Crippen LogP contribution in [0.25, 0.3) is 0 Å². The summed E-state index contributed by atoms with van der Waals surface area (Å²) in [5.41, 5.74) is 10.7. The van der Waals surface area contributed by atoms with Crippen LogP contribution < -0.4 is 11.5 Å². The Hall–Kier alpha value is -0.410. The van der Waals surface area contributed by atoms with Gasteiger partial charge in [0.25, 0.3) is 0 Å². The Kier molecular flexibility index (Phi) is 5.16. The number of hydrogen-bond donors (Lipinski definition) is 2. The molecule has 10 heavy (non-hydrogen) atoms. The topological polar surface area (TPSA) is 69.1 Å². The van der Waals surface area contributed by atoms with Crippen LogP contribution in [0.4, 0.5) is 0 Å². The molecule has 0 amide bonds. The van der Waals surface area contributed by atoms with Gasteiger partial charge in [-0.3, -0.25) is 0 Å². The number of nitrogens with two attached hydrogens (primary N) is 2. The summed E-state index contributed by atoms with van der Waals surface area (Å²) >= 11 is 0. The van der Waals surface area contributed by atoms with Crippen LogP contribution in [-0.2, 0) is 4.79 Å². The van der Waals surface area contributed by atoms with E-state index in [0.29, 0.717) is 0 Å². The van der Waals surface area contributed by atoms with E-state index in [-0.39, 0.29) is 5.92 Å². The van der Waals surface area contributed by atoms with Gasteiger partial charge in [-0.05, 0) is 6.42 Å². The van der Waals surface area contributed by atoms with Gasteiger partial charge in [0.1, 0.15) is 6.29 Å². The smallest absolute Gasteiger partial charge is 0.125 e. The molecule has 3 nitrogen and oxygen atoms in total. The molecule has 1 unspecified atom stereocenters. The summed E-state index contributed by atoms with van der Waals surface area (Å²) < 4.78 is 0. The van der Waals surface area contributed by atoms with Crippen molar-refractivity contribution < 1.29 is 4.79 Å². The van der Waals surface area contributed by atoms with Gasteiger partial charge < -0.3 is 16.3 Å². The summed E-state index contributed by atoms with van der Waals surface area (Å²) in [5, 5.41) is 0. The van der Waals surface area contributed by atoms with Crippen LogP contribution >= 0.6 is 0 Å². The minimum absolute atomic E-state index is 0.153.